The minimum absolute atomic E-state index is 0.277. The van der Waals surface area contributed by atoms with E-state index in [0.29, 0.717) is 13.2 Å². The zero-order chi connectivity index (χ0) is 15.1. The van der Waals surface area contributed by atoms with Gasteiger partial charge in [-0.3, -0.25) is 0 Å². The summed E-state index contributed by atoms with van der Waals surface area (Å²) in [6.45, 7) is 2.07. The molecule has 0 fully saturated rings. The Balaban J connectivity index is 1.86. The highest BCUT2D eigenvalue weighted by molar-refractivity contribution is 9.13. The van der Waals surface area contributed by atoms with Crippen LogP contribution >= 0.6 is 31.9 Å². The standard InChI is InChI=1S/C17H15Br2NO2/c18-13-2-1-10(7-14(13)19)17-11-3-5-21-8-15(11)20-16-9-22-6-4-12(16)17/h1-3,7-8,17,20H,4-6,9H2. The largest absolute Gasteiger partial charge is 0.495 e. The number of allylic oxidation sites excluding steroid dienone is 1. The average molecular weight is 425 g/mol. The number of hydrogen-bond acceptors (Lipinski definition) is 3. The maximum absolute atomic E-state index is 5.62. The summed E-state index contributed by atoms with van der Waals surface area (Å²) in [7, 11) is 0. The van der Waals surface area contributed by atoms with Crippen molar-refractivity contribution in [2.75, 3.05) is 19.8 Å². The number of nitrogens with one attached hydrogen (secondary N) is 1. The van der Waals surface area contributed by atoms with Crippen LogP contribution in [0.2, 0.25) is 0 Å². The molecule has 0 aromatic heterocycles. The van der Waals surface area contributed by atoms with E-state index in [1.165, 1.54) is 22.4 Å². The summed E-state index contributed by atoms with van der Waals surface area (Å²) in [6.07, 6.45) is 4.98. The zero-order valence-corrected chi connectivity index (χ0v) is 15.0. The van der Waals surface area contributed by atoms with Gasteiger partial charge in [0.05, 0.1) is 18.9 Å². The van der Waals surface area contributed by atoms with Gasteiger partial charge in [0.15, 0.2) is 0 Å². The monoisotopic (exact) mass is 423 g/mol. The van der Waals surface area contributed by atoms with Crippen LogP contribution in [0.5, 0.6) is 0 Å². The van der Waals surface area contributed by atoms with Gasteiger partial charge >= 0.3 is 0 Å². The van der Waals surface area contributed by atoms with Gasteiger partial charge in [-0.25, -0.2) is 0 Å². The molecule has 1 N–H and O–H groups in total. The van der Waals surface area contributed by atoms with Gasteiger partial charge < -0.3 is 14.8 Å². The summed E-state index contributed by atoms with van der Waals surface area (Å²) in [5.74, 6) is 0.277. The Morgan fingerprint density at radius 2 is 2.09 bits per heavy atom. The Morgan fingerprint density at radius 1 is 1.18 bits per heavy atom. The maximum atomic E-state index is 5.62. The van der Waals surface area contributed by atoms with Crippen LogP contribution in [-0.4, -0.2) is 19.8 Å². The van der Waals surface area contributed by atoms with Crippen LogP contribution in [0.25, 0.3) is 0 Å². The van der Waals surface area contributed by atoms with E-state index < -0.39 is 0 Å². The first-order valence-corrected chi connectivity index (χ1v) is 8.86. The molecule has 0 radical (unpaired) electrons. The van der Waals surface area contributed by atoms with Crippen molar-refractivity contribution in [3.63, 3.8) is 0 Å². The molecule has 3 heterocycles. The van der Waals surface area contributed by atoms with Gasteiger partial charge in [0.25, 0.3) is 0 Å². The lowest BCUT2D eigenvalue weighted by atomic mass is 9.77. The molecule has 1 aromatic rings. The van der Waals surface area contributed by atoms with Crippen LogP contribution in [0.15, 0.2) is 62.0 Å². The Hall–Kier alpha value is -1.04. The van der Waals surface area contributed by atoms with Crippen molar-refractivity contribution in [3.05, 3.63) is 67.6 Å². The van der Waals surface area contributed by atoms with Crippen molar-refractivity contribution in [2.24, 2.45) is 0 Å². The third-order valence-corrected chi connectivity index (χ3v) is 6.16. The zero-order valence-electron chi connectivity index (χ0n) is 11.9. The fourth-order valence-corrected chi connectivity index (χ4v) is 3.92. The van der Waals surface area contributed by atoms with Crippen molar-refractivity contribution in [1.82, 2.24) is 5.32 Å². The van der Waals surface area contributed by atoms with Crippen LogP contribution in [0.3, 0.4) is 0 Å². The van der Waals surface area contributed by atoms with E-state index in [9.17, 15) is 0 Å². The molecular weight excluding hydrogens is 410 g/mol. The van der Waals surface area contributed by atoms with E-state index in [0.717, 1.165) is 27.7 Å². The highest BCUT2D eigenvalue weighted by Crippen LogP contribution is 2.44. The molecule has 0 amide bonds. The smallest absolute Gasteiger partial charge is 0.107 e. The molecule has 3 aliphatic heterocycles. The van der Waals surface area contributed by atoms with Crippen molar-refractivity contribution in [1.29, 1.82) is 0 Å². The Labute approximate surface area is 146 Å². The SMILES string of the molecule is Brc1ccc(C2C3=CCOC=C3NC3=C2CCOC3)cc1Br. The summed E-state index contributed by atoms with van der Waals surface area (Å²) in [6, 6.07) is 6.50. The second-order valence-electron chi connectivity index (χ2n) is 5.56. The summed E-state index contributed by atoms with van der Waals surface area (Å²) in [5.41, 5.74) is 6.28. The molecule has 114 valence electrons. The average Bonchev–Trinajstić information content (AvgIpc) is 2.55. The lowest BCUT2D eigenvalue weighted by Crippen LogP contribution is -2.34. The van der Waals surface area contributed by atoms with E-state index in [1.807, 2.05) is 6.26 Å². The van der Waals surface area contributed by atoms with Gasteiger partial charge in [0.1, 0.15) is 12.9 Å². The van der Waals surface area contributed by atoms with Crippen LogP contribution in [-0.2, 0) is 9.47 Å². The molecule has 0 saturated carbocycles. The van der Waals surface area contributed by atoms with Gasteiger partial charge in [-0.05, 0) is 73.2 Å². The van der Waals surface area contributed by atoms with E-state index >= 15 is 0 Å². The second kappa shape index (κ2) is 5.87. The third-order valence-electron chi connectivity index (χ3n) is 4.28. The molecule has 3 aliphatic rings. The molecule has 0 bridgehead atoms. The van der Waals surface area contributed by atoms with Crippen molar-refractivity contribution >= 4 is 31.9 Å². The minimum Gasteiger partial charge on any atom is -0.495 e. The Morgan fingerprint density at radius 3 is 2.95 bits per heavy atom. The lowest BCUT2D eigenvalue weighted by molar-refractivity contribution is 0.138. The predicted molar refractivity (Wildman–Crippen MR) is 92.3 cm³/mol. The van der Waals surface area contributed by atoms with Crippen LogP contribution < -0.4 is 5.32 Å². The molecule has 0 spiro atoms. The van der Waals surface area contributed by atoms with Crippen molar-refractivity contribution in [3.8, 4) is 0 Å². The van der Waals surface area contributed by atoms with Crippen LogP contribution in [0.1, 0.15) is 17.9 Å². The summed E-state index contributed by atoms with van der Waals surface area (Å²) < 4.78 is 13.2. The molecule has 0 aliphatic carbocycles. The topological polar surface area (TPSA) is 30.5 Å². The van der Waals surface area contributed by atoms with Gasteiger partial charge in [-0.1, -0.05) is 6.07 Å². The van der Waals surface area contributed by atoms with Crippen LogP contribution in [0, 0.1) is 0 Å². The molecule has 1 atom stereocenters. The van der Waals surface area contributed by atoms with Gasteiger partial charge in [-0.15, -0.1) is 0 Å². The molecule has 1 aromatic carbocycles. The molecule has 0 saturated heterocycles. The van der Waals surface area contributed by atoms with E-state index in [-0.39, 0.29) is 5.92 Å². The molecular formula is C17H15Br2NO2. The molecule has 4 rings (SSSR count). The fourth-order valence-electron chi connectivity index (χ4n) is 3.28. The number of fused-ring (bicyclic) bond motifs is 1. The quantitative estimate of drug-likeness (QED) is 0.725. The fraction of sp³-hybridized carbons (Fsp3) is 0.294. The van der Waals surface area contributed by atoms with E-state index in [1.54, 1.807) is 0 Å². The highest BCUT2D eigenvalue weighted by Gasteiger charge is 2.34. The lowest BCUT2D eigenvalue weighted by Gasteiger charge is -2.37. The van der Waals surface area contributed by atoms with Crippen molar-refractivity contribution in [2.45, 2.75) is 12.3 Å². The summed E-state index contributed by atoms with van der Waals surface area (Å²) in [5, 5.41) is 3.48. The minimum atomic E-state index is 0.277. The summed E-state index contributed by atoms with van der Waals surface area (Å²) >= 11 is 7.18. The Bertz CT molecular complexity index is 721. The van der Waals surface area contributed by atoms with Gasteiger partial charge in [-0.2, -0.15) is 0 Å². The summed E-state index contributed by atoms with van der Waals surface area (Å²) in [4.78, 5) is 0. The van der Waals surface area contributed by atoms with Gasteiger partial charge in [0, 0.05) is 20.6 Å². The first-order chi connectivity index (χ1) is 10.7. The molecule has 1 unspecified atom stereocenters. The number of rotatable bonds is 1. The van der Waals surface area contributed by atoms with E-state index in [2.05, 4.69) is 61.5 Å². The van der Waals surface area contributed by atoms with Gasteiger partial charge in [0.2, 0.25) is 0 Å². The Kier molecular flexibility index (Phi) is 3.88. The normalized spacial score (nSPS) is 23.6. The first kappa shape index (κ1) is 14.5. The molecule has 3 nitrogen and oxygen atoms in total. The van der Waals surface area contributed by atoms with Crippen molar-refractivity contribution < 1.29 is 9.47 Å². The number of hydrogen-bond donors (Lipinski definition) is 1. The first-order valence-electron chi connectivity index (χ1n) is 7.28. The maximum Gasteiger partial charge on any atom is 0.107 e. The molecule has 22 heavy (non-hydrogen) atoms. The van der Waals surface area contributed by atoms with Crippen LogP contribution in [0.4, 0.5) is 0 Å². The van der Waals surface area contributed by atoms with E-state index in [4.69, 9.17) is 9.47 Å². The second-order valence-corrected chi connectivity index (χ2v) is 7.27. The number of halogens is 2. The third kappa shape index (κ3) is 2.45. The number of benzene rings is 1. The predicted octanol–water partition coefficient (Wildman–Crippen LogP) is 4.37. The highest BCUT2D eigenvalue weighted by atomic mass is 79.9. The molecule has 5 heteroatoms. The number of ether oxygens (including phenoxy) is 2.